The lowest BCUT2D eigenvalue weighted by Gasteiger charge is -2.38. The van der Waals surface area contributed by atoms with Gasteiger partial charge in [0, 0.05) is 0 Å². The molecule has 0 aliphatic heterocycles. The van der Waals surface area contributed by atoms with Crippen molar-refractivity contribution in [2.24, 2.45) is 0 Å². The molecule has 3 heteroatoms. The van der Waals surface area contributed by atoms with Crippen LogP contribution in [0.25, 0.3) is 0 Å². The van der Waals surface area contributed by atoms with E-state index >= 15 is 0 Å². The summed E-state index contributed by atoms with van der Waals surface area (Å²) in [5.74, 6) is 0. The molecule has 0 saturated carbocycles. The van der Waals surface area contributed by atoms with Crippen LogP contribution in [0.3, 0.4) is 0 Å². The molecule has 0 atom stereocenters. The van der Waals surface area contributed by atoms with Gasteiger partial charge in [-0.05, 0) is 37.3 Å². The predicted molar refractivity (Wildman–Crippen MR) is 84.7 cm³/mol. The van der Waals surface area contributed by atoms with Crippen LogP contribution in [-0.4, -0.2) is 16.6 Å². The molecule has 0 aliphatic rings. The predicted octanol–water partition coefficient (Wildman–Crippen LogP) is 5.79. The summed E-state index contributed by atoms with van der Waals surface area (Å²) in [4.78, 5) is 0. The molecule has 0 rings (SSSR count). The molecule has 0 aromatic carbocycles. The summed E-state index contributed by atoms with van der Waals surface area (Å²) in [7, 11) is -2.80. The zero-order chi connectivity index (χ0) is 13.4. The summed E-state index contributed by atoms with van der Waals surface area (Å²) in [5, 5.41) is 0. The average Bonchev–Trinajstić information content (AvgIpc) is 2.17. The van der Waals surface area contributed by atoms with E-state index in [1.807, 2.05) is 0 Å². The Morgan fingerprint density at radius 2 is 0.824 bits per heavy atom. The van der Waals surface area contributed by atoms with Crippen molar-refractivity contribution in [2.45, 2.75) is 90.6 Å². The maximum Gasteiger partial charge on any atom is 0.176 e. The molecule has 1 nitrogen and oxygen atoms in total. The van der Waals surface area contributed by atoms with Gasteiger partial charge in [-0.2, -0.15) is 0 Å². The first-order valence-corrected chi connectivity index (χ1v) is 13.3. The molecule has 0 saturated heterocycles. The van der Waals surface area contributed by atoms with Crippen LogP contribution in [0.4, 0.5) is 0 Å². The number of hydrogen-bond acceptors (Lipinski definition) is 1. The monoisotopic (exact) mass is 274 g/mol. The lowest BCUT2D eigenvalue weighted by molar-refractivity contribution is 0.510. The highest BCUT2D eigenvalue weighted by atomic mass is 28.4. The number of hydrogen-bond donors (Lipinski definition) is 0. The van der Waals surface area contributed by atoms with Gasteiger partial charge in [0.15, 0.2) is 16.6 Å². The molecule has 104 valence electrons. The van der Waals surface area contributed by atoms with Crippen LogP contribution >= 0.6 is 0 Å². The van der Waals surface area contributed by atoms with Crippen LogP contribution < -0.4 is 0 Å². The second-order valence-corrected chi connectivity index (χ2v) is 14.6. The molecular formula is C14H34OSi2. The van der Waals surface area contributed by atoms with Crippen LogP contribution in [0.2, 0.25) is 37.3 Å². The molecular weight excluding hydrogens is 240 g/mol. The van der Waals surface area contributed by atoms with E-state index in [9.17, 15) is 0 Å². The highest BCUT2D eigenvalue weighted by Gasteiger charge is 2.37. The smallest absolute Gasteiger partial charge is 0.176 e. The van der Waals surface area contributed by atoms with Gasteiger partial charge in [0.2, 0.25) is 0 Å². The molecule has 0 amide bonds. The minimum absolute atomic E-state index is 1.30. The molecule has 0 aromatic rings. The van der Waals surface area contributed by atoms with E-state index in [-0.39, 0.29) is 0 Å². The first kappa shape index (κ1) is 17.4. The van der Waals surface area contributed by atoms with Gasteiger partial charge in [-0.15, -0.1) is 0 Å². The average molecular weight is 275 g/mol. The zero-order valence-electron chi connectivity index (χ0n) is 13.1. The van der Waals surface area contributed by atoms with Gasteiger partial charge >= 0.3 is 0 Å². The molecule has 0 heterocycles. The Morgan fingerprint density at radius 3 is 1.00 bits per heavy atom. The van der Waals surface area contributed by atoms with E-state index in [1.165, 1.54) is 49.9 Å². The molecule has 0 radical (unpaired) electrons. The summed E-state index contributed by atoms with van der Waals surface area (Å²) in [6.07, 6.45) is 5.19. The topological polar surface area (TPSA) is 9.23 Å². The van der Waals surface area contributed by atoms with Gasteiger partial charge in [-0.25, -0.2) is 0 Å². The van der Waals surface area contributed by atoms with E-state index in [2.05, 4.69) is 40.8 Å². The maximum absolute atomic E-state index is 6.86. The Balaban J connectivity index is 4.65. The van der Waals surface area contributed by atoms with Crippen LogP contribution in [0.5, 0.6) is 0 Å². The van der Waals surface area contributed by atoms with Crippen molar-refractivity contribution in [3.63, 3.8) is 0 Å². The Morgan fingerprint density at radius 1 is 0.588 bits per heavy atom. The van der Waals surface area contributed by atoms with Gasteiger partial charge in [-0.3, -0.25) is 0 Å². The van der Waals surface area contributed by atoms with Crippen molar-refractivity contribution >= 4 is 16.6 Å². The highest BCUT2D eigenvalue weighted by molar-refractivity contribution is 6.86. The van der Waals surface area contributed by atoms with Crippen molar-refractivity contribution in [2.75, 3.05) is 0 Å². The normalized spacial score (nSPS) is 13.1. The third-order valence-corrected chi connectivity index (χ3v) is 13.8. The van der Waals surface area contributed by atoms with Gasteiger partial charge in [-0.1, -0.05) is 53.4 Å². The quantitative estimate of drug-likeness (QED) is 0.458. The molecule has 0 aromatic heterocycles. The van der Waals surface area contributed by atoms with E-state index < -0.39 is 16.6 Å². The fraction of sp³-hybridized carbons (Fsp3) is 1.00. The Kier molecular flexibility index (Phi) is 8.68. The SMILES string of the molecule is CCC[Si](C)(CCC)O[Si](C)(CCC)CCC. The first-order valence-electron chi connectivity index (χ1n) is 7.65. The molecule has 0 N–H and O–H groups in total. The Bertz CT molecular complexity index is 163. The van der Waals surface area contributed by atoms with Crippen LogP contribution in [-0.2, 0) is 4.12 Å². The summed E-state index contributed by atoms with van der Waals surface area (Å²) >= 11 is 0. The fourth-order valence-electron chi connectivity index (χ4n) is 3.16. The summed E-state index contributed by atoms with van der Waals surface area (Å²) in [6.45, 7) is 14.2. The highest BCUT2D eigenvalue weighted by Crippen LogP contribution is 2.30. The third kappa shape index (κ3) is 6.77. The van der Waals surface area contributed by atoms with Crippen LogP contribution in [0.1, 0.15) is 53.4 Å². The number of rotatable bonds is 10. The van der Waals surface area contributed by atoms with E-state index in [0.29, 0.717) is 0 Å². The summed E-state index contributed by atoms with van der Waals surface area (Å²) in [5.41, 5.74) is 0. The van der Waals surface area contributed by atoms with Gasteiger partial charge < -0.3 is 4.12 Å². The van der Waals surface area contributed by atoms with E-state index in [0.717, 1.165) is 0 Å². The first-order chi connectivity index (χ1) is 7.95. The van der Waals surface area contributed by atoms with E-state index in [1.54, 1.807) is 0 Å². The molecule has 0 unspecified atom stereocenters. The van der Waals surface area contributed by atoms with Crippen molar-refractivity contribution < 1.29 is 4.12 Å². The Labute approximate surface area is 112 Å². The van der Waals surface area contributed by atoms with Crippen molar-refractivity contribution in [1.29, 1.82) is 0 Å². The lowest BCUT2D eigenvalue weighted by Crippen LogP contribution is -2.47. The second-order valence-electron chi connectivity index (χ2n) is 6.00. The van der Waals surface area contributed by atoms with Crippen molar-refractivity contribution in [1.82, 2.24) is 0 Å². The molecule has 0 spiro atoms. The zero-order valence-corrected chi connectivity index (χ0v) is 15.1. The van der Waals surface area contributed by atoms with Crippen molar-refractivity contribution in [3.8, 4) is 0 Å². The van der Waals surface area contributed by atoms with Crippen LogP contribution in [0, 0.1) is 0 Å². The molecule has 0 fully saturated rings. The standard InChI is InChI=1S/C14H34OSi2/c1-7-11-16(5,12-8-2)15-17(6,13-9-3)14-10-4/h7-14H2,1-6H3. The fourth-order valence-corrected chi connectivity index (χ4v) is 14.3. The van der Waals surface area contributed by atoms with Gasteiger partial charge in [0.1, 0.15) is 0 Å². The molecule has 0 bridgehead atoms. The summed E-state index contributed by atoms with van der Waals surface area (Å²) in [6, 6.07) is 5.43. The van der Waals surface area contributed by atoms with Gasteiger partial charge in [0.05, 0.1) is 0 Å². The minimum Gasteiger partial charge on any atom is -0.455 e. The van der Waals surface area contributed by atoms with Gasteiger partial charge in [0.25, 0.3) is 0 Å². The van der Waals surface area contributed by atoms with Crippen molar-refractivity contribution in [3.05, 3.63) is 0 Å². The Hall–Kier alpha value is 0.394. The minimum atomic E-state index is -1.40. The molecule has 17 heavy (non-hydrogen) atoms. The lowest BCUT2D eigenvalue weighted by atomic mass is 10.6. The third-order valence-electron chi connectivity index (χ3n) is 3.61. The molecule has 0 aliphatic carbocycles. The maximum atomic E-state index is 6.86. The van der Waals surface area contributed by atoms with E-state index in [4.69, 9.17) is 4.12 Å². The summed E-state index contributed by atoms with van der Waals surface area (Å²) < 4.78 is 6.86. The largest absolute Gasteiger partial charge is 0.455 e. The second kappa shape index (κ2) is 8.49. The van der Waals surface area contributed by atoms with Crippen LogP contribution in [0.15, 0.2) is 0 Å².